The van der Waals surface area contributed by atoms with Crippen molar-refractivity contribution in [2.24, 2.45) is 0 Å². The molecule has 0 aliphatic carbocycles. The second kappa shape index (κ2) is 7.18. The number of fused-ring (bicyclic) bond motifs is 1. The van der Waals surface area contributed by atoms with Crippen molar-refractivity contribution < 1.29 is 14.3 Å². The number of esters is 1. The Morgan fingerprint density at radius 3 is 2.68 bits per heavy atom. The van der Waals surface area contributed by atoms with Crippen LogP contribution in [-0.4, -0.2) is 41.1 Å². The zero-order valence-corrected chi connectivity index (χ0v) is 15.2. The molecule has 0 atom stereocenters. The lowest BCUT2D eigenvalue weighted by Crippen LogP contribution is -2.45. The average Bonchev–Trinajstić information content (AvgIpc) is 2.61. The Kier molecular flexibility index (Phi) is 4.98. The molecule has 2 heterocycles. The van der Waals surface area contributed by atoms with E-state index in [4.69, 9.17) is 4.74 Å². The maximum Gasteiger partial charge on any atom is 0.325 e. The first-order valence-corrected chi connectivity index (χ1v) is 8.64. The highest BCUT2D eigenvalue weighted by Gasteiger charge is 2.29. The fourth-order valence-electron chi connectivity index (χ4n) is 2.67. The van der Waals surface area contributed by atoms with E-state index in [9.17, 15) is 14.4 Å². The van der Waals surface area contributed by atoms with Crippen LogP contribution in [0.1, 0.15) is 18.1 Å². The average molecular weight is 406 g/mol. The molecule has 0 amide bonds. The van der Waals surface area contributed by atoms with Crippen molar-refractivity contribution in [2.45, 2.75) is 13.3 Å². The fourth-order valence-corrected chi connectivity index (χ4v) is 3.16. The lowest BCUT2D eigenvalue weighted by atomic mass is 10.1. The van der Waals surface area contributed by atoms with Gasteiger partial charge in [0.15, 0.2) is 0 Å². The van der Waals surface area contributed by atoms with Crippen LogP contribution in [-0.2, 0) is 9.53 Å². The Morgan fingerprint density at radius 1 is 1.28 bits per heavy atom. The Hall–Kier alpha value is -2.48. The molecule has 8 heteroatoms. The SMILES string of the molecule is CCOC(=O)CN1CCC(=O)n2c1nc(-c1ccccc1)c(Br)c2=O. The summed E-state index contributed by atoms with van der Waals surface area (Å²) in [5.41, 5.74) is 0.687. The summed E-state index contributed by atoms with van der Waals surface area (Å²) in [5.74, 6) is -0.605. The molecule has 2 aromatic rings. The van der Waals surface area contributed by atoms with E-state index in [-0.39, 0.29) is 35.9 Å². The van der Waals surface area contributed by atoms with Crippen LogP contribution in [0.15, 0.2) is 39.6 Å². The molecule has 0 fully saturated rings. The second-order valence-corrected chi connectivity index (χ2v) is 6.24. The summed E-state index contributed by atoms with van der Waals surface area (Å²) < 4.78 is 6.19. The van der Waals surface area contributed by atoms with Crippen molar-refractivity contribution in [3.05, 3.63) is 45.2 Å². The number of carbonyl (C=O) groups is 2. The van der Waals surface area contributed by atoms with Gasteiger partial charge in [-0.2, -0.15) is 0 Å². The van der Waals surface area contributed by atoms with Crippen molar-refractivity contribution in [1.29, 1.82) is 0 Å². The monoisotopic (exact) mass is 405 g/mol. The summed E-state index contributed by atoms with van der Waals surface area (Å²) >= 11 is 3.26. The minimum atomic E-state index is -0.484. The third-order valence-electron chi connectivity index (χ3n) is 3.81. The van der Waals surface area contributed by atoms with E-state index in [0.717, 1.165) is 10.1 Å². The molecule has 3 rings (SSSR count). The van der Waals surface area contributed by atoms with Crippen LogP contribution >= 0.6 is 15.9 Å². The van der Waals surface area contributed by atoms with Crippen LogP contribution in [0, 0.1) is 0 Å². The van der Waals surface area contributed by atoms with Gasteiger partial charge in [-0.3, -0.25) is 14.4 Å². The van der Waals surface area contributed by atoms with E-state index in [1.165, 1.54) is 0 Å². The van der Waals surface area contributed by atoms with Gasteiger partial charge in [-0.15, -0.1) is 0 Å². The number of anilines is 1. The third kappa shape index (κ3) is 3.34. The molecule has 0 radical (unpaired) electrons. The Morgan fingerprint density at radius 2 is 2.00 bits per heavy atom. The topological polar surface area (TPSA) is 81.5 Å². The molecule has 7 nitrogen and oxygen atoms in total. The van der Waals surface area contributed by atoms with Gasteiger partial charge in [0.25, 0.3) is 5.56 Å². The lowest BCUT2D eigenvalue weighted by molar-refractivity contribution is -0.141. The van der Waals surface area contributed by atoms with Crippen LogP contribution < -0.4 is 10.5 Å². The van der Waals surface area contributed by atoms with Gasteiger partial charge in [0.2, 0.25) is 11.9 Å². The first-order valence-electron chi connectivity index (χ1n) is 7.84. The molecule has 0 bridgehead atoms. The molecule has 0 saturated heterocycles. The number of nitrogens with zero attached hydrogens (tertiary/aromatic N) is 3. The minimum Gasteiger partial charge on any atom is -0.465 e. The summed E-state index contributed by atoms with van der Waals surface area (Å²) in [7, 11) is 0. The number of ether oxygens (including phenoxy) is 1. The van der Waals surface area contributed by atoms with Crippen molar-refractivity contribution in [3.63, 3.8) is 0 Å². The summed E-state index contributed by atoms with van der Waals surface area (Å²) in [6, 6.07) is 9.18. The molecular formula is C17H16BrN3O4. The highest BCUT2D eigenvalue weighted by Crippen LogP contribution is 2.27. The largest absolute Gasteiger partial charge is 0.465 e. The minimum absolute atomic E-state index is 0.0660. The standard InChI is InChI=1S/C17H16BrN3O4/c1-2-25-13(23)10-20-9-8-12(22)21-16(24)14(18)15(19-17(20)21)11-6-4-3-5-7-11/h3-7H,2,8-10H2,1H3. The molecule has 0 N–H and O–H groups in total. The van der Waals surface area contributed by atoms with Crippen molar-refractivity contribution in [1.82, 2.24) is 9.55 Å². The third-order valence-corrected chi connectivity index (χ3v) is 4.53. The van der Waals surface area contributed by atoms with Crippen LogP contribution in [0.2, 0.25) is 0 Å². The molecule has 0 unspecified atom stereocenters. The van der Waals surface area contributed by atoms with Gasteiger partial charge in [-0.05, 0) is 22.9 Å². The van der Waals surface area contributed by atoms with Gasteiger partial charge >= 0.3 is 5.97 Å². The first kappa shape index (κ1) is 17.3. The number of hydrogen-bond donors (Lipinski definition) is 0. The number of hydrogen-bond acceptors (Lipinski definition) is 6. The molecule has 1 aromatic carbocycles. The Labute approximate surface area is 152 Å². The van der Waals surface area contributed by atoms with Crippen LogP contribution in [0.3, 0.4) is 0 Å². The molecule has 25 heavy (non-hydrogen) atoms. The highest BCUT2D eigenvalue weighted by atomic mass is 79.9. The van der Waals surface area contributed by atoms with Gasteiger partial charge in [0, 0.05) is 18.5 Å². The van der Waals surface area contributed by atoms with Crippen molar-refractivity contribution in [2.75, 3.05) is 24.6 Å². The first-order chi connectivity index (χ1) is 12.0. The van der Waals surface area contributed by atoms with Gasteiger partial charge < -0.3 is 9.64 Å². The van der Waals surface area contributed by atoms with E-state index < -0.39 is 11.5 Å². The predicted molar refractivity (Wildman–Crippen MR) is 95.7 cm³/mol. The van der Waals surface area contributed by atoms with Gasteiger partial charge in [0.1, 0.15) is 11.0 Å². The van der Waals surface area contributed by atoms with E-state index in [1.54, 1.807) is 11.8 Å². The van der Waals surface area contributed by atoms with E-state index in [1.807, 2.05) is 30.3 Å². The van der Waals surface area contributed by atoms with Crippen LogP contribution in [0.25, 0.3) is 11.3 Å². The van der Waals surface area contributed by atoms with Gasteiger partial charge in [0.05, 0.1) is 12.3 Å². The summed E-state index contributed by atoms with van der Waals surface area (Å²) in [5, 5.41) is 0. The molecular weight excluding hydrogens is 390 g/mol. The zero-order valence-electron chi connectivity index (χ0n) is 13.6. The van der Waals surface area contributed by atoms with Crippen molar-refractivity contribution >= 4 is 33.8 Å². The molecule has 0 spiro atoms. The molecule has 0 saturated carbocycles. The highest BCUT2D eigenvalue weighted by molar-refractivity contribution is 9.10. The predicted octanol–water partition coefficient (Wildman–Crippen LogP) is 2.09. The van der Waals surface area contributed by atoms with Gasteiger partial charge in [-0.1, -0.05) is 30.3 Å². The molecule has 1 aliphatic rings. The number of benzene rings is 1. The van der Waals surface area contributed by atoms with Crippen LogP contribution in [0.4, 0.5) is 5.95 Å². The normalized spacial score (nSPS) is 13.5. The molecule has 1 aliphatic heterocycles. The quantitative estimate of drug-likeness (QED) is 0.724. The fraction of sp³-hybridized carbons (Fsp3) is 0.294. The zero-order chi connectivity index (χ0) is 18.0. The maximum absolute atomic E-state index is 12.7. The second-order valence-electron chi connectivity index (χ2n) is 5.45. The van der Waals surface area contributed by atoms with Gasteiger partial charge in [-0.25, -0.2) is 9.55 Å². The Bertz CT molecular complexity index is 879. The van der Waals surface area contributed by atoms with Crippen molar-refractivity contribution in [3.8, 4) is 11.3 Å². The smallest absolute Gasteiger partial charge is 0.325 e. The van der Waals surface area contributed by atoms with E-state index in [2.05, 4.69) is 20.9 Å². The summed E-state index contributed by atoms with van der Waals surface area (Å²) in [6.07, 6.45) is 0.130. The number of halogens is 1. The van der Waals surface area contributed by atoms with E-state index >= 15 is 0 Å². The number of carbonyl (C=O) groups excluding carboxylic acids is 2. The summed E-state index contributed by atoms with van der Waals surface area (Å²) in [6.45, 7) is 2.23. The number of aromatic nitrogens is 2. The van der Waals surface area contributed by atoms with Crippen LogP contribution in [0.5, 0.6) is 0 Å². The van der Waals surface area contributed by atoms with E-state index in [0.29, 0.717) is 12.2 Å². The lowest BCUT2D eigenvalue weighted by Gasteiger charge is -2.29. The summed E-state index contributed by atoms with van der Waals surface area (Å²) in [4.78, 5) is 42.8. The molecule has 130 valence electrons. The Balaban J connectivity index is 2.12. The maximum atomic E-state index is 12.7. The molecule has 1 aromatic heterocycles. The number of rotatable bonds is 4.